The molecule has 0 unspecified atom stereocenters. The molecule has 0 radical (unpaired) electrons. The lowest BCUT2D eigenvalue weighted by atomic mass is 10.2. The van der Waals surface area contributed by atoms with Gasteiger partial charge >= 0.3 is 0 Å². The number of nitro benzene ring substituents is 1. The van der Waals surface area contributed by atoms with Gasteiger partial charge in [-0.05, 0) is 28.1 Å². The normalized spacial score (nSPS) is 10.7. The van der Waals surface area contributed by atoms with E-state index in [1.807, 2.05) is 0 Å². The smallest absolute Gasteiger partial charge is 0.274 e. The largest absolute Gasteiger partial charge is 0.506 e. The van der Waals surface area contributed by atoms with Gasteiger partial charge < -0.3 is 5.11 Å². The summed E-state index contributed by atoms with van der Waals surface area (Å²) in [5.41, 5.74) is 1.62. The van der Waals surface area contributed by atoms with Gasteiger partial charge in [0.1, 0.15) is 11.6 Å². The Hall–Kier alpha value is -2.81. The molecule has 0 saturated carbocycles. The van der Waals surface area contributed by atoms with Crippen LogP contribution in [0.4, 0.5) is 10.1 Å². The number of carbonyl (C=O) groups excluding carboxylic acids is 1. The molecule has 2 aromatic carbocycles. The van der Waals surface area contributed by atoms with Crippen molar-refractivity contribution in [1.29, 1.82) is 0 Å². The van der Waals surface area contributed by atoms with Crippen LogP contribution in [0.15, 0.2) is 46.0 Å². The van der Waals surface area contributed by atoms with Crippen LogP contribution >= 0.6 is 15.9 Å². The number of phenolic OH excluding ortho intramolecular Hbond substituents is 1. The Labute approximate surface area is 137 Å². The Balaban J connectivity index is 2.19. The number of non-ortho nitro benzene ring substituents is 1. The first-order valence-corrected chi connectivity index (χ1v) is 6.94. The molecule has 7 nitrogen and oxygen atoms in total. The van der Waals surface area contributed by atoms with Gasteiger partial charge in [-0.3, -0.25) is 14.9 Å². The molecule has 0 atom stereocenters. The number of halogens is 2. The van der Waals surface area contributed by atoms with Crippen molar-refractivity contribution in [3.8, 4) is 5.75 Å². The van der Waals surface area contributed by atoms with Crippen LogP contribution in [0.1, 0.15) is 15.9 Å². The van der Waals surface area contributed by atoms with Gasteiger partial charge in [0.25, 0.3) is 11.6 Å². The number of nitro groups is 1. The minimum absolute atomic E-state index is 0.0138. The van der Waals surface area contributed by atoms with Crippen LogP contribution in [0.5, 0.6) is 5.75 Å². The van der Waals surface area contributed by atoms with E-state index >= 15 is 0 Å². The average Bonchev–Trinajstić information content (AvgIpc) is 2.51. The molecule has 0 aliphatic heterocycles. The fraction of sp³-hybridized carbons (Fsp3) is 0. The summed E-state index contributed by atoms with van der Waals surface area (Å²) in [6.07, 6.45) is 1.02. The van der Waals surface area contributed by atoms with Crippen molar-refractivity contribution in [2.75, 3.05) is 0 Å². The van der Waals surface area contributed by atoms with E-state index in [4.69, 9.17) is 0 Å². The molecule has 0 spiro atoms. The lowest BCUT2D eigenvalue weighted by Crippen LogP contribution is -2.18. The van der Waals surface area contributed by atoms with Crippen LogP contribution < -0.4 is 5.43 Å². The highest BCUT2D eigenvalue weighted by Crippen LogP contribution is 2.31. The molecular formula is C14H9BrFN3O4. The topological polar surface area (TPSA) is 105 Å². The molecule has 118 valence electrons. The van der Waals surface area contributed by atoms with Gasteiger partial charge in [0, 0.05) is 17.7 Å². The van der Waals surface area contributed by atoms with Gasteiger partial charge in [-0.15, -0.1) is 0 Å². The second-order valence-corrected chi connectivity index (χ2v) is 5.16. The molecule has 0 aliphatic rings. The first-order valence-electron chi connectivity index (χ1n) is 6.15. The summed E-state index contributed by atoms with van der Waals surface area (Å²) < 4.78 is 13.5. The quantitative estimate of drug-likeness (QED) is 0.482. The predicted octanol–water partition coefficient (Wildman–Crippen LogP) is 2.97. The summed E-state index contributed by atoms with van der Waals surface area (Å²) in [5, 5.41) is 24.1. The van der Waals surface area contributed by atoms with Crippen LogP contribution in [-0.4, -0.2) is 22.2 Å². The SMILES string of the molecule is O=C(N/N=C\c1cc([N+](=O)[O-])cc(Br)c1O)c1ccccc1F. The summed E-state index contributed by atoms with van der Waals surface area (Å²) in [6, 6.07) is 7.55. The molecule has 0 fully saturated rings. The number of phenols is 1. The maximum absolute atomic E-state index is 13.4. The number of rotatable bonds is 4. The Morgan fingerprint density at radius 1 is 1.39 bits per heavy atom. The van der Waals surface area contributed by atoms with Gasteiger partial charge in [-0.25, -0.2) is 9.82 Å². The van der Waals surface area contributed by atoms with Crippen molar-refractivity contribution < 1.29 is 19.2 Å². The van der Waals surface area contributed by atoms with Crippen LogP contribution in [0.2, 0.25) is 0 Å². The molecule has 0 saturated heterocycles. The lowest BCUT2D eigenvalue weighted by molar-refractivity contribution is -0.385. The molecule has 1 amide bonds. The van der Waals surface area contributed by atoms with Crippen LogP contribution in [-0.2, 0) is 0 Å². The molecule has 0 bridgehead atoms. The van der Waals surface area contributed by atoms with Crippen LogP contribution in [0.3, 0.4) is 0 Å². The minimum Gasteiger partial charge on any atom is -0.506 e. The molecule has 0 aromatic heterocycles. The fourth-order valence-electron chi connectivity index (χ4n) is 1.68. The van der Waals surface area contributed by atoms with E-state index in [1.165, 1.54) is 18.2 Å². The zero-order valence-electron chi connectivity index (χ0n) is 11.4. The van der Waals surface area contributed by atoms with E-state index in [-0.39, 0.29) is 27.0 Å². The van der Waals surface area contributed by atoms with Crippen molar-refractivity contribution >= 4 is 33.7 Å². The summed E-state index contributed by atoms with van der Waals surface area (Å²) in [4.78, 5) is 21.9. The number of hydrazone groups is 1. The monoisotopic (exact) mass is 381 g/mol. The maximum Gasteiger partial charge on any atom is 0.274 e. The lowest BCUT2D eigenvalue weighted by Gasteiger charge is -2.03. The molecule has 2 aromatic rings. The number of hydrogen-bond donors (Lipinski definition) is 2. The second kappa shape index (κ2) is 6.97. The van der Waals surface area contributed by atoms with Crippen molar-refractivity contribution in [3.63, 3.8) is 0 Å². The van der Waals surface area contributed by atoms with Crippen LogP contribution in [0.25, 0.3) is 0 Å². The number of hydrogen-bond acceptors (Lipinski definition) is 5. The third-order valence-corrected chi connectivity index (χ3v) is 3.38. The highest BCUT2D eigenvalue weighted by molar-refractivity contribution is 9.10. The van der Waals surface area contributed by atoms with Gasteiger partial charge in [0.05, 0.1) is 21.2 Å². The van der Waals surface area contributed by atoms with Gasteiger partial charge in [0.2, 0.25) is 0 Å². The summed E-state index contributed by atoms with van der Waals surface area (Å²) >= 11 is 2.98. The maximum atomic E-state index is 13.4. The number of benzene rings is 2. The predicted molar refractivity (Wildman–Crippen MR) is 83.9 cm³/mol. The number of carbonyl (C=O) groups is 1. The van der Waals surface area contributed by atoms with E-state index in [0.29, 0.717) is 0 Å². The van der Waals surface area contributed by atoms with Crippen LogP contribution in [0, 0.1) is 15.9 Å². The first kappa shape index (κ1) is 16.6. The number of nitrogens with one attached hydrogen (secondary N) is 1. The highest BCUT2D eigenvalue weighted by atomic mass is 79.9. The molecule has 0 heterocycles. The van der Waals surface area contributed by atoms with E-state index < -0.39 is 16.6 Å². The second-order valence-electron chi connectivity index (χ2n) is 4.30. The Morgan fingerprint density at radius 2 is 2.09 bits per heavy atom. The fourth-order valence-corrected chi connectivity index (χ4v) is 2.14. The molecule has 23 heavy (non-hydrogen) atoms. The Bertz CT molecular complexity index is 811. The minimum atomic E-state index is -0.789. The number of nitrogens with zero attached hydrogens (tertiary/aromatic N) is 2. The van der Waals surface area contributed by atoms with Crippen molar-refractivity contribution in [2.24, 2.45) is 5.10 Å². The third-order valence-electron chi connectivity index (χ3n) is 2.78. The third kappa shape index (κ3) is 3.89. The molecule has 2 N–H and O–H groups in total. The van der Waals surface area contributed by atoms with Crippen molar-refractivity contribution in [1.82, 2.24) is 5.43 Å². The molecule has 0 aliphatic carbocycles. The first-order chi connectivity index (χ1) is 10.9. The van der Waals surface area contributed by atoms with Gasteiger partial charge in [0.15, 0.2) is 0 Å². The van der Waals surface area contributed by atoms with E-state index in [2.05, 4.69) is 26.5 Å². The number of aromatic hydroxyl groups is 1. The standard InChI is InChI=1S/C14H9BrFN3O4/c15-11-6-9(19(22)23)5-8(13(11)20)7-17-18-14(21)10-3-1-2-4-12(10)16/h1-7,20H,(H,18,21)/b17-7-. The molecule has 2 rings (SSSR count). The van der Waals surface area contributed by atoms with Crippen molar-refractivity contribution in [3.05, 3.63) is 67.9 Å². The number of amides is 1. The molecular weight excluding hydrogens is 373 g/mol. The van der Waals surface area contributed by atoms with Crippen molar-refractivity contribution in [2.45, 2.75) is 0 Å². The zero-order valence-corrected chi connectivity index (χ0v) is 12.9. The summed E-state index contributed by atoms with van der Waals surface area (Å²) in [6.45, 7) is 0. The average molecular weight is 382 g/mol. The Morgan fingerprint density at radius 3 is 2.74 bits per heavy atom. The Kier molecular flexibility index (Phi) is 5.02. The molecule has 9 heteroatoms. The van der Waals surface area contributed by atoms with E-state index in [9.17, 15) is 24.4 Å². The van der Waals surface area contributed by atoms with E-state index in [1.54, 1.807) is 0 Å². The van der Waals surface area contributed by atoms with Gasteiger partial charge in [-0.1, -0.05) is 12.1 Å². The van der Waals surface area contributed by atoms with Gasteiger partial charge in [-0.2, -0.15) is 5.10 Å². The zero-order chi connectivity index (χ0) is 17.0. The summed E-state index contributed by atoms with van der Waals surface area (Å²) in [7, 11) is 0. The van der Waals surface area contributed by atoms with E-state index in [0.717, 1.165) is 24.4 Å². The highest BCUT2D eigenvalue weighted by Gasteiger charge is 2.14. The summed E-state index contributed by atoms with van der Waals surface area (Å²) in [5.74, 6) is -1.77.